The average Bonchev–Trinajstić information content (AvgIpc) is 2.97. The third-order valence-corrected chi connectivity index (χ3v) is 3.69. The van der Waals surface area contributed by atoms with Crippen molar-refractivity contribution in [2.45, 2.75) is 32.9 Å². The summed E-state index contributed by atoms with van der Waals surface area (Å²) in [6.45, 7) is 4.00. The van der Waals surface area contributed by atoms with Crippen molar-refractivity contribution >= 4 is 11.9 Å². The van der Waals surface area contributed by atoms with Crippen LogP contribution in [0.2, 0.25) is 0 Å². The second-order valence-electron chi connectivity index (χ2n) is 5.19. The van der Waals surface area contributed by atoms with Crippen molar-refractivity contribution in [3.8, 4) is 6.07 Å². The van der Waals surface area contributed by atoms with E-state index in [4.69, 9.17) is 10.4 Å². The molecule has 1 fully saturated rings. The van der Waals surface area contributed by atoms with Crippen LogP contribution in [-0.2, 0) is 9.59 Å². The van der Waals surface area contributed by atoms with E-state index >= 15 is 0 Å². The zero-order valence-electron chi connectivity index (χ0n) is 10.7. The van der Waals surface area contributed by atoms with Gasteiger partial charge in [-0.2, -0.15) is 5.26 Å². The predicted molar refractivity (Wildman–Crippen MR) is 61.1 cm³/mol. The highest BCUT2D eigenvalue weighted by atomic mass is 19.1. The number of aliphatic carboxylic acids is 1. The van der Waals surface area contributed by atoms with E-state index in [0.717, 1.165) is 0 Å². The molecule has 0 bridgehead atoms. The molecule has 5 nitrogen and oxygen atoms in total. The van der Waals surface area contributed by atoms with E-state index < -0.39 is 35.4 Å². The highest BCUT2D eigenvalue weighted by molar-refractivity contribution is 5.89. The molecule has 1 aliphatic carbocycles. The number of amides is 1. The van der Waals surface area contributed by atoms with Gasteiger partial charge in [-0.3, -0.25) is 4.79 Å². The number of nitrogens with one attached hydrogen (secondary N) is 1. The molecule has 0 aromatic rings. The Bertz CT molecular complexity index is 418. The smallest absolute Gasteiger partial charge is 0.343 e. The number of carboxylic acids is 1. The number of rotatable bonds is 5. The Kier molecular flexibility index (Phi) is 3.65. The monoisotopic (exact) mass is 256 g/mol. The standard InChI is InChI=1S/C12H17FN2O3/c1-7(2)12(13,10(17)18)6-15-9(16)11(5-14)4-8(11)3/h7-8H,4,6H2,1-3H3,(H,15,16)(H,17,18). The number of carbonyl (C=O) groups excluding carboxylic acids is 1. The van der Waals surface area contributed by atoms with Gasteiger partial charge in [-0.05, 0) is 12.3 Å². The Hall–Kier alpha value is -1.64. The van der Waals surface area contributed by atoms with Crippen molar-refractivity contribution in [1.82, 2.24) is 5.32 Å². The van der Waals surface area contributed by atoms with Crippen molar-refractivity contribution in [1.29, 1.82) is 5.26 Å². The minimum absolute atomic E-state index is 0.0691. The van der Waals surface area contributed by atoms with E-state index in [1.165, 1.54) is 13.8 Å². The summed E-state index contributed by atoms with van der Waals surface area (Å²) < 4.78 is 14.1. The molecule has 1 rings (SSSR count). The first-order valence-electron chi connectivity index (χ1n) is 5.82. The number of hydrogen-bond donors (Lipinski definition) is 2. The first-order valence-corrected chi connectivity index (χ1v) is 5.82. The molecule has 0 aromatic heterocycles. The molecular formula is C12H17FN2O3. The minimum atomic E-state index is -2.51. The zero-order valence-corrected chi connectivity index (χ0v) is 10.7. The number of nitrogens with zero attached hydrogens (tertiary/aromatic N) is 1. The van der Waals surface area contributed by atoms with Crippen LogP contribution in [0.3, 0.4) is 0 Å². The Balaban J connectivity index is 2.68. The van der Waals surface area contributed by atoms with Gasteiger partial charge in [0, 0.05) is 5.92 Å². The summed E-state index contributed by atoms with van der Waals surface area (Å²) in [5.74, 6) is -3.03. The maximum atomic E-state index is 14.1. The van der Waals surface area contributed by atoms with Gasteiger partial charge in [0.25, 0.3) is 0 Å². The second kappa shape index (κ2) is 4.56. The number of carboxylic acid groups (broad SMARTS) is 1. The lowest BCUT2D eigenvalue weighted by Gasteiger charge is -2.25. The largest absolute Gasteiger partial charge is 0.479 e. The van der Waals surface area contributed by atoms with Crippen LogP contribution in [0, 0.1) is 28.6 Å². The highest BCUT2D eigenvalue weighted by Gasteiger charge is 2.58. The number of alkyl halides is 1. The summed E-state index contributed by atoms with van der Waals surface area (Å²) in [6, 6.07) is 1.91. The van der Waals surface area contributed by atoms with Crippen LogP contribution in [0.5, 0.6) is 0 Å². The molecule has 3 unspecified atom stereocenters. The fraction of sp³-hybridized carbons (Fsp3) is 0.750. The van der Waals surface area contributed by atoms with Gasteiger partial charge >= 0.3 is 5.97 Å². The van der Waals surface area contributed by atoms with Gasteiger partial charge in [-0.1, -0.05) is 20.8 Å². The maximum absolute atomic E-state index is 14.1. The third-order valence-electron chi connectivity index (χ3n) is 3.69. The number of hydrogen-bond acceptors (Lipinski definition) is 3. The van der Waals surface area contributed by atoms with E-state index in [0.29, 0.717) is 6.42 Å². The molecule has 0 aliphatic heterocycles. The van der Waals surface area contributed by atoms with Gasteiger partial charge in [0.1, 0.15) is 5.41 Å². The van der Waals surface area contributed by atoms with Gasteiger partial charge in [-0.15, -0.1) is 0 Å². The number of carbonyl (C=O) groups is 2. The van der Waals surface area contributed by atoms with E-state index in [1.807, 2.05) is 6.07 Å². The molecule has 6 heteroatoms. The molecule has 3 atom stereocenters. The average molecular weight is 256 g/mol. The van der Waals surface area contributed by atoms with Crippen LogP contribution in [0.1, 0.15) is 27.2 Å². The minimum Gasteiger partial charge on any atom is -0.479 e. The molecule has 0 aromatic carbocycles. The summed E-state index contributed by atoms with van der Waals surface area (Å²) in [7, 11) is 0. The molecule has 0 radical (unpaired) electrons. The van der Waals surface area contributed by atoms with Crippen LogP contribution in [0.25, 0.3) is 0 Å². The molecule has 2 N–H and O–H groups in total. The van der Waals surface area contributed by atoms with E-state index in [1.54, 1.807) is 6.92 Å². The summed E-state index contributed by atoms with van der Waals surface area (Å²) in [5.41, 5.74) is -3.61. The van der Waals surface area contributed by atoms with Gasteiger partial charge in [0.2, 0.25) is 11.6 Å². The Labute approximate surface area is 105 Å². The summed E-state index contributed by atoms with van der Waals surface area (Å²) in [4.78, 5) is 22.7. The van der Waals surface area contributed by atoms with Crippen LogP contribution in [0.15, 0.2) is 0 Å². The summed E-state index contributed by atoms with van der Waals surface area (Å²) in [6.07, 6.45) is 0.434. The lowest BCUT2D eigenvalue weighted by Crippen LogP contribution is -2.50. The van der Waals surface area contributed by atoms with E-state index in [2.05, 4.69) is 5.32 Å². The lowest BCUT2D eigenvalue weighted by molar-refractivity contribution is -0.154. The van der Waals surface area contributed by atoms with Crippen molar-refractivity contribution in [3.05, 3.63) is 0 Å². The molecule has 0 spiro atoms. The third kappa shape index (κ3) is 2.17. The van der Waals surface area contributed by atoms with Gasteiger partial charge in [0.05, 0.1) is 12.6 Å². The van der Waals surface area contributed by atoms with Crippen molar-refractivity contribution in [2.24, 2.45) is 17.3 Å². The topological polar surface area (TPSA) is 90.2 Å². The van der Waals surface area contributed by atoms with E-state index in [9.17, 15) is 14.0 Å². The van der Waals surface area contributed by atoms with Crippen molar-refractivity contribution in [2.75, 3.05) is 6.54 Å². The molecule has 100 valence electrons. The Morgan fingerprint density at radius 1 is 1.67 bits per heavy atom. The van der Waals surface area contributed by atoms with Gasteiger partial charge < -0.3 is 10.4 Å². The van der Waals surface area contributed by atoms with Crippen molar-refractivity contribution < 1.29 is 19.1 Å². The summed E-state index contributed by atoms with van der Waals surface area (Å²) in [5, 5.41) is 20.0. The van der Waals surface area contributed by atoms with E-state index in [-0.39, 0.29) is 5.92 Å². The fourth-order valence-corrected chi connectivity index (χ4v) is 1.84. The molecular weight excluding hydrogens is 239 g/mol. The van der Waals surface area contributed by atoms with Crippen LogP contribution < -0.4 is 5.32 Å². The summed E-state index contributed by atoms with van der Waals surface area (Å²) >= 11 is 0. The lowest BCUT2D eigenvalue weighted by atomic mass is 9.92. The normalized spacial score (nSPS) is 29.2. The SMILES string of the molecule is CC(C)C(F)(CNC(=O)C1(C#N)CC1C)C(=O)O. The first kappa shape index (κ1) is 14.4. The molecule has 0 heterocycles. The van der Waals surface area contributed by atoms with Crippen LogP contribution >= 0.6 is 0 Å². The fourth-order valence-electron chi connectivity index (χ4n) is 1.84. The molecule has 0 saturated heterocycles. The van der Waals surface area contributed by atoms with Gasteiger partial charge in [-0.25, -0.2) is 9.18 Å². The van der Waals surface area contributed by atoms with Gasteiger partial charge in [0.15, 0.2) is 0 Å². The Morgan fingerprint density at radius 3 is 2.44 bits per heavy atom. The first-order chi connectivity index (χ1) is 8.20. The molecule has 1 amide bonds. The number of halogens is 1. The predicted octanol–water partition coefficient (Wildman–Crippen LogP) is 1.10. The molecule has 18 heavy (non-hydrogen) atoms. The maximum Gasteiger partial charge on any atom is 0.343 e. The Morgan fingerprint density at radius 2 is 2.17 bits per heavy atom. The van der Waals surface area contributed by atoms with Crippen LogP contribution in [0.4, 0.5) is 4.39 Å². The van der Waals surface area contributed by atoms with Crippen LogP contribution in [-0.4, -0.2) is 29.2 Å². The zero-order chi connectivity index (χ0) is 14.1. The number of nitriles is 1. The van der Waals surface area contributed by atoms with Crippen molar-refractivity contribution in [3.63, 3.8) is 0 Å². The quantitative estimate of drug-likeness (QED) is 0.770. The molecule has 1 saturated carbocycles. The second-order valence-corrected chi connectivity index (χ2v) is 5.19. The molecule has 1 aliphatic rings. The highest BCUT2D eigenvalue weighted by Crippen LogP contribution is 2.51.